The quantitative estimate of drug-likeness (QED) is 0.895. The lowest BCUT2D eigenvalue weighted by molar-refractivity contribution is 0.325. The first kappa shape index (κ1) is 12.2. The summed E-state index contributed by atoms with van der Waals surface area (Å²) in [5, 5.41) is 0. The number of rotatable bonds is 3. The number of hydrogen-bond acceptors (Lipinski definition) is 4. The summed E-state index contributed by atoms with van der Waals surface area (Å²) < 4.78 is 31.0. The number of halogens is 2. The molecule has 1 aromatic heterocycles. The van der Waals surface area contributed by atoms with Crippen LogP contribution >= 0.6 is 0 Å². The largest absolute Gasteiger partial charge is 0.459 e. The van der Waals surface area contributed by atoms with E-state index in [4.69, 9.17) is 10.5 Å². The molecule has 0 fully saturated rings. The zero-order chi connectivity index (χ0) is 13.0. The fourth-order valence-electron chi connectivity index (χ4n) is 1.32. The molecule has 1 heterocycles. The van der Waals surface area contributed by atoms with E-state index < -0.39 is 5.82 Å². The van der Waals surface area contributed by atoms with Crippen molar-refractivity contribution in [2.75, 3.05) is 12.3 Å². The highest BCUT2D eigenvalue weighted by atomic mass is 19.1. The van der Waals surface area contributed by atoms with Crippen LogP contribution in [0.25, 0.3) is 0 Å². The average molecular weight is 251 g/mol. The van der Waals surface area contributed by atoms with Crippen LogP contribution in [0, 0.1) is 5.82 Å². The van der Waals surface area contributed by atoms with E-state index in [1.54, 1.807) is 18.2 Å². The lowest BCUT2D eigenvalue weighted by Gasteiger charge is -2.05. The first-order valence-electron chi connectivity index (χ1n) is 5.28. The van der Waals surface area contributed by atoms with Gasteiger partial charge in [0.25, 0.3) is 0 Å². The summed E-state index contributed by atoms with van der Waals surface area (Å²) in [6, 6.07) is -0.0168. The zero-order valence-corrected chi connectivity index (χ0v) is 9.44. The minimum atomic E-state index is -0.694. The van der Waals surface area contributed by atoms with E-state index in [0.717, 1.165) is 11.8 Å². The van der Waals surface area contributed by atoms with Gasteiger partial charge in [-0.25, -0.2) is 13.8 Å². The molecular formula is C12H11F2N3O. The van der Waals surface area contributed by atoms with Crippen molar-refractivity contribution in [3.05, 3.63) is 47.7 Å². The van der Waals surface area contributed by atoms with Crippen LogP contribution in [-0.2, 0) is 0 Å². The molecule has 0 spiro atoms. The summed E-state index contributed by atoms with van der Waals surface area (Å²) in [5.74, 6) is -1.18. The monoisotopic (exact) mass is 251 g/mol. The average Bonchev–Trinajstić information content (AvgIpc) is 2.56. The maximum atomic E-state index is 12.9. The number of anilines is 1. The van der Waals surface area contributed by atoms with Gasteiger partial charge in [-0.2, -0.15) is 4.98 Å². The van der Waals surface area contributed by atoms with E-state index in [9.17, 15) is 8.78 Å². The second-order valence-electron chi connectivity index (χ2n) is 3.64. The van der Waals surface area contributed by atoms with E-state index in [0.29, 0.717) is 0 Å². The molecule has 1 aromatic rings. The first-order valence-corrected chi connectivity index (χ1v) is 5.28. The number of nitrogens with two attached hydrogens (primary N) is 1. The highest BCUT2D eigenvalue weighted by molar-refractivity contribution is 5.31. The van der Waals surface area contributed by atoms with Crippen LogP contribution in [0.5, 0.6) is 6.01 Å². The van der Waals surface area contributed by atoms with Crippen molar-refractivity contribution in [1.29, 1.82) is 0 Å². The molecule has 0 aromatic carbocycles. The lowest BCUT2D eigenvalue weighted by Crippen LogP contribution is -2.05. The molecule has 4 nitrogen and oxygen atoms in total. The number of nitrogen functional groups attached to an aromatic ring is 1. The van der Waals surface area contributed by atoms with Gasteiger partial charge in [-0.1, -0.05) is 18.2 Å². The zero-order valence-electron chi connectivity index (χ0n) is 9.44. The Morgan fingerprint density at radius 3 is 2.94 bits per heavy atom. The van der Waals surface area contributed by atoms with Crippen molar-refractivity contribution in [1.82, 2.24) is 9.97 Å². The number of allylic oxidation sites excluding steroid dienone is 4. The summed E-state index contributed by atoms with van der Waals surface area (Å²) in [7, 11) is 0. The second-order valence-corrected chi connectivity index (χ2v) is 3.64. The fourth-order valence-corrected chi connectivity index (χ4v) is 1.32. The van der Waals surface area contributed by atoms with Crippen molar-refractivity contribution < 1.29 is 13.5 Å². The number of aromatic nitrogens is 2. The molecule has 94 valence electrons. The summed E-state index contributed by atoms with van der Waals surface area (Å²) >= 11 is 0. The lowest BCUT2D eigenvalue weighted by atomic mass is 10.2. The molecule has 0 unspecified atom stereocenters. The summed E-state index contributed by atoms with van der Waals surface area (Å²) in [6.45, 7) is 0.158. The van der Waals surface area contributed by atoms with Crippen LogP contribution in [0.3, 0.4) is 0 Å². The topological polar surface area (TPSA) is 61.0 Å². The van der Waals surface area contributed by atoms with Crippen LogP contribution in [0.15, 0.2) is 41.9 Å². The molecule has 0 amide bonds. The van der Waals surface area contributed by atoms with Gasteiger partial charge in [0.15, 0.2) is 11.6 Å². The molecule has 0 bridgehead atoms. The third-order valence-corrected chi connectivity index (χ3v) is 2.24. The summed E-state index contributed by atoms with van der Waals surface area (Å²) in [4.78, 5) is 7.26. The van der Waals surface area contributed by atoms with E-state index in [-0.39, 0.29) is 30.7 Å². The Balaban J connectivity index is 2.01. The molecule has 18 heavy (non-hydrogen) atoms. The maximum Gasteiger partial charge on any atom is 0.318 e. The highest BCUT2D eigenvalue weighted by Crippen LogP contribution is 2.14. The van der Waals surface area contributed by atoms with Crippen LogP contribution in [0.2, 0.25) is 0 Å². The van der Waals surface area contributed by atoms with E-state index in [1.165, 1.54) is 6.08 Å². The van der Waals surface area contributed by atoms with Gasteiger partial charge in [0.2, 0.25) is 0 Å². The van der Waals surface area contributed by atoms with Gasteiger partial charge < -0.3 is 10.5 Å². The van der Waals surface area contributed by atoms with E-state index >= 15 is 0 Å². The normalized spacial score (nSPS) is 14.8. The van der Waals surface area contributed by atoms with Gasteiger partial charge in [0.1, 0.15) is 12.4 Å². The molecule has 0 radical (unpaired) electrons. The molecule has 0 aliphatic heterocycles. The molecule has 1 aliphatic rings. The molecule has 1 aliphatic carbocycles. The van der Waals surface area contributed by atoms with Gasteiger partial charge in [0.05, 0.1) is 6.20 Å². The standard InChI is InChI=1S/C12H11F2N3O/c13-9-3-1-2-8(4-5-9)7-18-12-16-6-10(14)11(15)17-12/h1-2,4-6H,3,7H2,(H2,15,16,17). The number of nitrogens with zero attached hydrogens (tertiary/aromatic N) is 2. The second kappa shape index (κ2) is 5.39. The predicted molar refractivity (Wildman–Crippen MR) is 62.9 cm³/mol. The van der Waals surface area contributed by atoms with Crippen molar-refractivity contribution in [2.45, 2.75) is 6.42 Å². The SMILES string of the molecule is Nc1nc(OCC2=CC=C(F)CC=C2)ncc1F. The van der Waals surface area contributed by atoms with Crippen LogP contribution in [0.1, 0.15) is 6.42 Å². The molecule has 0 saturated heterocycles. The van der Waals surface area contributed by atoms with Crippen molar-refractivity contribution in [3.63, 3.8) is 0 Å². The van der Waals surface area contributed by atoms with Gasteiger partial charge in [-0.05, 0) is 11.6 Å². The Morgan fingerprint density at radius 2 is 2.17 bits per heavy atom. The van der Waals surface area contributed by atoms with Crippen molar-refractivity contribution in [3.8, 4) is 6.01 Å². The van der Waals surface area contributed by atoms with E-state index in [1.807, 2.05) is 0 Å². The summed E-state index contributed by atoms with van der Waals surface area (Å²) in [6.07, 6.45) is 7.61. The molecule has 0 atom stereocenters. The molecular weight excluding hydrogens is 240 g/mol. The smallest absolute Gasteiger partial charge is 0.318 e. The summed E-state index contributed by atoms with van der Waals surface area (Å²) in [5.41, 5.74) is 6.04. The van der Waals surface area contributed by atoms with Gasteiger partial charge in [-0.3, -0.25) is 0 Å². The van der Waals surface area contributed by atoms with Gasteiger partial charge >= 0.3 is 6.01 Å². The minimum absolute atomic E-state index is 0.0168. The number of ether oxygens (including phenoxy) is 1. The molecule has 2 N–H and O–H groups in total. The Kier molecular flexibility index (Phi) is 3.66. The van der Waals surface area contributed by atoms with Crippen molar-refractivity contribution in [2.24, 2.45) is 0 Å². The Bertz CT molecular complexity index is 538. The maximum absolute atomic E-state index is 12.9. The highest BCUT2D eigenvalue weighted by Gasteiger charge is 2.05. The molecule has 6 heteroatoms. The predicted octanol–water partition coefficient (Wildman–Crippen LogP) is 2.32. The molecule has 0 saturated carbocycles. The Hall–Kier alpha value is -2.24. The number of hydrogen-bond donors (Lipinski definition) is 1. The first-order chi connectivity index (χ1) is 8.65. The van der Waals surface area contributed by atoms with Crippen LogP contribution in [-0.4, -0.2) is 16.6 Å². The fraction of sp³-hybridized carbons (Fsp3) is 0.167. The van der Waals surface area contributed by atoms with Crippen molar-refractivity contribution >= 4 is 5.82 Å². The van der Waals surface area contributed by atoms with E-state index in [2.05, 4.69) is 9.97 Å². The third kappa shape index (κ3) is 3.13. The minimum Gasteiger partial charge on any atom is -0.459 e. The van der Waals surface area contributed by atoms with Crippen LogP contribution < -0.4 is 10.5 Å². The van der Waals surface area contributed by atoms with Gasteiger partial charge in [0, 0.05) is 6.42 Å². The van der Waals surface area contributed by atoms with Gasteiger partial charge in [-0.15, -0.1) is 0 Å². The molecule has 2 rings (SSSR count). The Morgan fingerprint density at radius 1 is 1.33 bits per heavy atom. The Labute approximate surface area is 103 Å². The third-order valence-electron chi connectivity index (χ3n) is 2.24. The van der Waals surface area contributed by atoms with Crippen LogP contribution in [0.4, 0.5) is 14.6 Å².